The van der Waals surface area contributed by atoms with E-state index in [1.165, 1.54) is 36.1 Å². The summed E-state index contributed by atoms with van der Waals surface area (Å²) in [6, 6.07) is 6.67. The lowest BCUT2D eigenvalue weighted by Crippen LogP contribution is -2.46. The predicted octanol–water partition coefficient (Wildman–Crippen LogP) is 2.42. The number of likely N-dealkylation sites (tertiary alicyclic amines) is 1. The third kappa shape index (κ3) is 4.38. The lowest BCUT2D eigenvalue weighted by molar-refractivity contribution is 0.0702. The van der Waals surface area contributed by atoms with E-state index in [0.29, 0.717) is 30.8 Å². The van der Waals surface area contributed by atoms with Crippen LogP contribution in [0.1, 0.15) is 43.6 Å². The fourth-order valence-electron chi connectivity index (χ4n) is 3.21. The van der Waals surface area contributed by atoms with E-state index in [-0.39, 0.29) is 29.2 Å². The van der Waals surface area contributed by atoms with E-state index in [1.807, 2.05) is 17.5 Å². The van der Waals surface area contributed by atoms with Crippen molar-refractivity contribution in [2.75, 3.05) is 18.4 Å². The van der Waals surface area contributed by atoms with Crippen molar-refractivity contribution in [1.29, 1.82) is 0 Å². The van der Waals surface area contributed by atoms with E-state index >= 15 is 0 Å². The van der Waals surface area contributed by atoms with Crippen LogP contribution in [-0.2, 0) is 0 Å². The number of hydrogen-bond donors (Lipinski definition) is 2. The van der Waals surface area contributed by atoms with Crippen molar-refractivity contribution in [2.24, 2.45) is 0 Å². The molecule has 0 radical (unpaired) electrons. The minimum Gasteiger partial charge on any atom is -0.459 e. The number of carbonyl (C=O) groups excluding carboxylic acids is 3. The van der Waals surface area contributed by atoms with Gasteiger partial charge in [-0.1, -0.05) is 6.07 Å². The molecule has 10 heteroatoms. The van der Waals surface area contributed by atoms with Gasteiger partial charge < -0.3 is 20.0 Å². The van der Waals surface area contributed by atoms with Gasteiger partial charge in [-0.25, -0.2) is 9.97 Å². The number of rotatable bonds is 5. The zero-order valence-corrected chi connectivity index (χ0v) is 16.7. The highest BCUT2D eigenvalue weighted by Gasteiger charge is 2.26. The average molecular weight is 425 g/mol. The van der Waals surface area contributed by atoms with E-state index < -0.39 is 11.8 Å². The van der Waals surface area contributed by atoms with Crippen LogP contribution in [0, 0.1) is 0 Å². The van der Waals surface area contributed by atoms with E-state index in [1.54, 1.807) is 11.0 Å². The number of aromatic nitrogens is 2. The van der Waals surface area contributed by atoms with Gasteiger partial charge in [0.1, 0.15) is 0 Å². The molecular formula is C20H19N5O4S. The second kappa shape index (κ2) is 8.87. The maximum absolute atomic E-state index is 12.7. The number of carbonyl (C=O) groups is 3. The first-order valence-electron chi connectivity index (χ1n) is 9.41. The van der Waals surface area contributed by atoms with Crippen molar-refractivity contribution in [3.63, 3.8) is 0 Å². The first-order chi connectivity index (χ1) is 14.6. The molecule has 3 aromatic heterocycles. The molecule has 2 N–H and O–H groups in total. The van der Waals surface area contributed by atoms with Crippen LogP contribution in [0.4, 0.5) is 5.82 Å². The van der Waals surface area contributed by atoms with E-state index in [2.05, 4.69) is 20.6 Å². The van der Waals surface area contributed by atoms with Crippen LogP contribution in [0.15, 0.2) is 52.7 Å². The maximum Gasteiger partial charge on any atom is 0.292 e. The zero-order chi connectivity index (χ0) is 20.9. The number of amides is 3. The molecule has 0 unspecified atom stereocenters. The lowest BCUT2D eigenvalue weighted by Gasteiger charge is -2.32. The van der Waals surface area contributed by atoms with Crippen molar-refractivity contribution < 1.29 is 18.8 Å². The second-order valence-electron chi connectivity index (χ2n) is 6.70. The highest BCUT2D eigenvalue weighted by Crippen LogP contribution is 2.18. The maximum atomic E-state index is 12.7. The van der Waals surface area contributed by atoms with Gasteiger partial charge in [0.25, 0.3) is 17.7 Å². The summed E-state index contributed by atoms with van der Waals surface area (Å²) >= 11 is 1.42. The molecule has 0 bridgehead atoms. The molecule has 0 aromatic carbocycles. The molecule has 1 aliphatic rings. The fraction of sp³-hybridized carbons (Fsp3) is 0.250. The summed E-state index contributed by atoms with van der Waals surface area (Å²) in [6.45, 7) is 1.12. The summed E-state index contributed by atoms with van der Waals surface area (Å²) < 4.78 is 5.05. The number of piperidine rings is 1. The van der Waals surface area contributed by atoms with Gasteiger partial charge in [0.15, 0.2) is 17.3 Å². The third-order valence-corrected chi connectivity index (χ3v) is 5.60. The molecule has 0 spiro atoms. The molecule has 4 heterocycles. The van der Waals surface area contributed by atoms with Crippen molar-refractivity contribution in [1.82, 2.24) is 20.2 Å². The van der Waals surface area contributed by atoms with Gasteiger partial charge in [-0.2, -0.15) is 0 Å². The summed E-state index contributed by atoms with van der Waals surface area (Å²) in [5.74, 6) is -0.765. The van der Waals surface area contributed by atoms with Gasteiger partial charge in [0, 0.05) is 31.5 Å². The Morgan fingerprint density at radius 1 is 1.07 bits per heavy atom. The largest absolute Gasteiger partial charge is 0.459 e. The third-order valence-electron chi connectivity index (χ3n) is 4.74. The van der Waals surface area contributed by atoms with Crippen LogP contribution >= 0.6 is 11.3 Å². The van der Waals surface area contributed by atoms with Crippen molar-refractivity contribution in [2.45, 2.75) is 18.9 Å². The number of nitrogens with one attached hydrogen (secondary N) is 2. The number of furan rings is 1. The quantitative estimate of drug-likeness (QED) is 0.648. The smallest absolute Gasteiger partial charge is 0.292 e. The Balaban J connectivity index is 1.36. The predicted molar refractivity (Wildman–Crippen MR) is 109 cm³/mol. The molecule has 0 saturated carbocycles. The number of nitrogens with zero attached hydrogens (tertiary/aromatic N) is 3. The zero-order valence-electron chi connectivity index (χ0n) is 15.9. The topological polar surface area (TPSA) is 117 Å². The number of anilines is 1. The van der Waals surface area contributed by atoms with Crippen LogP contribution in [0.25, 0.3) is 0 Å². The Morgan fingerprint density at radius 3 is 2.57 bits per heavy atom. The van der Waals surface area contributed by atoms with Gasteiger partial charge in [0.05, 0.1) is 11.1 Å². The van der Waals surface area contributed by atoms with Crippen LogP contribution in [-0.4, -0.2) is 51.7 Å². The van der Waals surface area contributed by atoms with Crippen molar-refractivity contribution >= 4 is 34.9 Å². The summed E-state index contributed by atoms with van der Waals surface area (Å²) in [5.41, 5.74) is 0.0227. The molecule has 30 heavy (non-hydrogen) atoms. The summed E-state index contributed by atoms with van der Waals surface area (Å²) in [4.78, 5) is 48.0. The van der Waals surface area contributed by atoms with Crippen LogP contribution in [0.3, 0.4) is 0 Å². The Bertz CT molecular complexity index is 1030. The highest BCUT2D eigenvalue weighted by atomic mass is 32.1. The molecule has 4 rings (SSSR count). The molecule has 3 aromatic rings. The molecule has 0 aliphatic carbocycles. The van der Waals surface area contributed by atoms with Crippen LogP contribution < -0.4 is 10.6 Å². The average Bonchev–Trinajstić information content (AvgIpc) is 3.48. The van der Waals surface area contributed by atoms with Crippen LogP contribution in [0.5, 0.6) is 0 Å². The Kier molecular flexibility index (Phi) is 5.84. The van der Waals surface area contributed by atoms with Crippen LogP contribution in [0.2, 0.25) is 0 Å². The lowest BCUT2D eigenvalue weighted by atomic mass is 10.0. The highest BCUT2D eigenvalue weighted by molar-refractivity contribution is 7.12. The summed E-state index contributed by atoms with van der Waals surface area (Å²) in [7, 11) is 0. The molecule has 1 saturated heterocycles. The van der Waals surface area contributed by atoms with E-state index in [9.17, 15) is 14.4 Å². The first kappa shape index (κ1) is 19.8. The molecule has 9 nitrogen and oxygen atoms in total. The molecule has 1 aliphatic heterocycles. The minimum absolute atomic E-state index is 0.0200. The molecule has 0 atom stereocenters. The van der Waals surface area contributed by atoms with Crippen molar-refractivity contribution in [3.05, 3.63) is 64.6 Å². The standard InChI is InChI=1S/C20H19N5O4S/c26-18(14-3-1-11-29-14)24-17-16(21-7-8-22-17)19(27)23-13-5-9-25(10-6-13)20(28)15-4-2-12-30-15/h1-4,7-8,11-13H,5-6,9-10H2,(H,23,27)(H,22,24,26). The normalized spacial score (nSPS) is 14.3. The molecule has 3 amide bonds. The molecule has 1 fully saturated rings. The van der Waals surface area contributed by atoms with E-state index in [4.69, 9.17) is 4.42 Å². The second-order valence-corrected chi connectivity index (χ2v) is 7.65. The van der Waals surface area contributed by atoms with Gasteiger partial charge in [-0.3, -0.25) is 14.4 Å². The fourth-order valence-corrected chi connectivity index (χ4v) is 3.90. The molecule has 154 valence electrons. The van der Waals surface area contributed by atoms with Gasteiger partial charge in [-0.05, 0) is 36.4 Å². The Labute approximate surface area is 176 Å². The van der Waals surface area contributed by atoms with E-state index in [0.717, 1.165) is 0 Å². The Morgan fingerprint density at radius 2 is 1.87 bits per heavy atom. The van der Waals surface area contributed by atoms with Gasteiger partial charge in [-0.15, -0.1) is 11.3 Å². The monoisotopic (exact) mass is 425 g/mol. The van der Waals surface area contributed by atoms with Crippen molar-refractivity contribution in [3.8, 4) is 0 Å². The van der Waals surface area contributed by atoms with Gasteiger partial charge in [0.2, 0.25) is 0 Å². The molecular weight excluding hydrogens is 406 g/mol. The summed E-state index contributed by atoms with van der Waals surface area (Å²) in [5, 5.41) is 7.35. The first-order valence-corrected chi connectivity index (χ1v) is 10.3. The van der Waals surface area contributed by atoms with Gasteiger partial charge >= 0.3 is 0 Å². The number of hydrogen-bond acceptors (Lipinski definition) is 7. The minimum atomic E-state index is -0.519. The number of thiophene rings is 1. The Hall–Kier alpha value is -3.53. The summed E-state index contributed by atoms with van der Waals surface area (Å²) in [6.07, 6.45) is 5.44. The SMILES string of the molecule is O=C(Nc1nccnc1C(=O)NC1CCN(C(=O)c2cccs2)CC1)c1ccco1.